The molecule has 1 aliphatic heterocycles. The van der Waals surface area contributed by atoms with E-state index in [0.29, 0.717) is 11.8 Å². The van der Waals surface area contributed by atoms with E-state index in [1.54, 1.807) is 7.05 Å². The van der Waals surface area contributed by atoms with Crippen molar-refractivity contribution in [1.29, 1.82) is 0 Å². The van der Waals surface area contributed by atoms with E-state index in [9.17, 15) is 9.59 Å². The van der Waals surface area contributed by atoms with Gasteiger partial charge in [0.05, 0.1) is 0 Å². The van der Waals surface area contributed by atoms with Gasteiger partial charge in [0, 0.05) is 32.7 Å². The summed E-state index contributed by atoms with van der Waals surface area (Å²) in [7, 11) is 1.66. The van der Waals surface area contributed by atoms with Crippen LogP contribution in [0, 0.1) is 17.8 Å². The van der Waals surface area contributed by atoms with E-state index in [0.717, 1.165) is 32.5 Å². The molecule has 4 atom stereocenters. The molecule has 1 heterocycles. The van der Waals surface area contributed by atoms with E-state index in [-0.39, 0.29) is 17.9 Å². The zero-order valence-electron chi connectivity index (χ0n) is 19.9. The van der Waals surface area contributed by atoms with E-state index in [1.807, 2.05) is 40.7 Å². The number of carbonyl (C=O) groups is 2. The normalized spacial score (nSPS) is 24.7. The van der Waals surface area contributed by atoms with Gasteiger partial charge in [0.1, 0.15) is 11.6 Å². The Bertz CT molecular complexity index is 759. The average Bonchev–Trinajstić information content (AvgIpc) is 3.22. The van der Waals surface area contributed by atoms with Gasteiger partial charge in [-0.15, -0.1) is 0 Å². The second-order valence-corrected chi connectivity index (χ2v) is 10.6. The molecular weight excluding hydrogens is 390 g/mol. The smallest absolute Gasteiger partial charge is 0.410 e. The first-order valence-electron chi connectivity index (χ1n) is 11.6. The number of rotatable bonds is 6. The zero-order chi connectivity index (χ0) is 22.8. The first-order chi connectivity index (χ1) is 14.5. The van der Waals surface area contributed by atoms with E-state index in [2.05, 4.69) is 34.5 Å². The molecule has 172 valence electrons. The lowest BCUT2D eigenvalue weighted by Gasteiger charge is -2.33. The van der Waals surface area contributed by atoms with Crippen LogP contribution in [-0.2, 0) is 16.1 Å². The van der Waals surface area contributed by atoms with Gasteiger partial charge in [-0.1, -0.05) is 44.2 Å². The van der Waals surface area contributed by atoms with Gasteiger partial charge >= 0.3 is 6.09 Å². The Labute approximate surface area is 187 Å². The number of likely N-dealkylation sites (tertiary alicyclic amines) is 1. The fourth-order valence-electron chi connectivity index (χ4n) is 5.15. The molecule has 6 heteroatoms. The van der Waals surface area contributed by atoms with Crippen LogP contribution < -0.4 is 5.32 Å². The second-order valence-electron chi connectivity index (χ2n) is 10.6. The first-order valence-corrected chi connectivity index (χ1v) is 11.6. The van der Waals surface area contributed by atoms with Crippen molar-refractivity contribution in [3.8, 4) is 0 Å². The minimum absolute atomic E-state index is 0.00660. The number of likely N-dealkylation sites (N-methyl/N-ethyl adjacent to an activating group) is 1. The molecule has 1 aromatic rings. The third-order valence-corrected chi connectivity index (χ3v) is 6.51. The lowest BCUT2D eigenvalue weighted by Crippen LogP contribution is -2.54. The van der Waals surface area contributed by atoms with Crippen molar-refractivity contribution < 1.29 is 14.3 Å². The average molecular weight is 430 g/mol. The predicted octanol–water partition coefficient (Wildman–Crippen LogP) is 3.90. The molecule has 2 amide bonds. The third-order valence-electron chi connectivity index (χ3n) is 6.51. The standard InChI is InChI=1S/C25H39N3O3/c1-17(2)22(27(6)24(30)31-25(3,4)5)23(29)26-21-13-12-19-15-28(16-20(19)21)14-18-10-8-7-9-11-18/h7-11,17,19-22H,12-16H2,1-6H3,(H,26,29)/t19-,20+,21+,22-/m0/s1. The van der Waals surface area contributed by atoms with Crippen molar-refractivity contribution in [3.63, 3.8) is 0 Å². The minimum atomic E-state index is -0.589. The molecule has 3 rings (SSSR count). The number of hydrogen-bond donors (Lipinski definition) is 1. The molecule has 2 aliphatic rings. The molecular formula is C25H39N3O3. The summed E-state index contributed by atoms with van der Waals surface area (Å²) < 4.78 is 5.49. The number of nitrogens with one attached hydrogen (secondary N) is 1. The molecule has 31 heavy (non-hydrogen) atoms. The summed E-state index contributed by atoms with van der Waals surface area (Å²) in [5.41, 5.74) is 0.746. The van der Waals surface area contributed by atoms with E-state index in [1.165, 1.54) is 10.5 Å². The van der Waals surface area contributed by atoms with Crippen molar-refractivity contribution in [1.82, 2.24) is 15.1 Å². The maximum Gasteiger partial charge on any atom is 0.410 e. The van der Waals surface area contributed by atoms with Crippen LogP contribution in [0.1, 0.15) is 53.0 Å². The van der Waals surface area contributed by atoms with Gasteiger partial charge in [-0.3, -0.25) is 14.6 Å². The molecule has 0 spiro atoms. The predicted molar refractivity (Wildman–Crippen MR) is 122 cm³/mol. The molecule has 6 nitrogen and oxygen atoms in total. The topological polar surface area (TPSA) is 61.9 Å². The highest BCUT2D eigenvalue weighted by molar-refractivity contribution is 5.86. The number of ether oxygens (including phenoxy) is 1. The molecule has 1 N–H and O–H groups in total. The Morgan fingerprint density at radius 2 is 1.84 bits per heavy atom. The lowest BCUT2D eigenvalue weighted by molar-refractivity contribution is -0.128. The molecule has 0 bridgehead atoms. The van der Waals surface area contributed by atoms with Crippen LogP contribution in [0.5, 0.6) is 0 Å². The molecule has 1 saturated heterocycles. The summed E-state index contributed by atoms with van der Waals surface area (Å²) in [6.45, 7) is 12.5. The highest BCUT2D eigenvalue weighted by Gasteiger charge is 2.44. The third kappa shape index (κ3) is 6.00. The van der Waals surface area contributed by atoms with Crippen LogP contribution >= 0.6 is 0 Å². The molecule has 0 aromatic heterocycles. The largest absolute Gasteiger partial charge is 0.444 e. The van der Waals surface area contributed by atoms with E-state index >= 15 is 0 Å². The summed E-state index contributed by atoms with van der Waals surface area (Å²) in [6, 6.07) is 10.2. The van der Waals surface area contributed by atoms with Crippen LogP contribution in [0.25, 0.3) is 0 Å². The molecule has 0 radical (unpaired) electrons. The summed E-state index contributed by atoms with van der Waals surface area (Å²) in [6.07, 6.45) is 1.71. The highest BCUT2D eigenvalue weighted by atomic mass is 16.6. The Kier molecular flexibility index (Phi) is 7.30. The molecule has 0 unspecified atom stereocenters. The van der Waals surface area contributed by atoms with Crippen LogP contribution in [-0.4, -0.2) is 59.6 Å². The number of benzene rings is 1. The number of fused-ring (bicyclic) bond motifs is 1. The number of nitrogens with zero attached hydrogens (tertiary/aromatic N) is 2. The quantitative estimate of drug-likeness (QED) is 0.745. The van der Waals surface area contributed by atoms with Crippen LogP contribution in [0.15, 0.2) is 30.3 Å². The fraction of sp³-hybridized carbons (Fsp3) is 0.680. The molecule has 1 aromatic carbocycles. The van der Waals surface area contributed by atoms with Gasteiger partial charge in [0.2, 0.25) is 5.91 Å². The maximum atomic E-state index is 13.2. The number of amides is 2. The van der Waals surface area contributed by atoms with Crippen molar-refractivity contribution in [2.24, 2.45) is 17.8 Å². The SMILES string of the molecule is CC(C)[C@@H](C(=O)N[C@@H]1CC[C@H]2CN(Cc3ccccc3)C[C@H]21)N(C)C(=O)OC(C)(C)C. The maximum absolute atomic E-state index is 13.2. The van der Waals surface area contributed by atoms with Crippen molar-refractivity contribution in [2.45, 2.75) is 71.7 Å². The Hall–Kier alpha value is -2.08. The van der Waals surface area contributed by atoms with Crippen LogP contribution in [0.2, 0.25) is 0 Å². The van der Waals surface area contributed by atoms with Gasteiger partial charge in [-0.05, 0) is 56.9 Å². The van der Waals surface area contributed by atoms with Gasteiger partial charge < -0.3 is 10.1 Å². The molecule has 2 fully saturated rings. The first kappa shape index (κ1) is 23.6. The van der Waals surface area contributed by atoms with Gasteiger partial charge in [0.25, 0.3) is 0 Å². The fourth-order valence-corrected chi connectivity index (χ4v) is 5.15. The minimum Gasteiger partial charge on any atom is -0.444 e. The molecule has 1 aliphatic carbocycles. The van der Waals surface area contributed by atoms with Gasteiger partial charge in [0.15, 0.2) is 0 Å². The Morgan fingerprint density at radius 3 is 2.45 bits per heavy atom. The zero-order valence-corrected chi connectivity index (χ0v) is 19.9. The van der Waals surface area contributed by atoms with Gasteiger partial charge in [-0.2, -0.15) is 0 Å². The van der Waals surface area contributed by atoms with Crippen LogP contribution in [0.4, 0.5) is 4.79 Å². The number of carbonyl (C=O) groups excluding carboxylic acids is 2. The Balaban J connectivity index is 1.60. The number of hydrogen-bond acceptors (Lipinski definition) is 4. The monoisotopic (exact) mass is 429 g/mol. The lowest BCUT2D eigenvalue weighted by atomic mass is 9.96. The van der Waals surface area contributed by atoms with E-state index in [4.69, 9.17) is 4.74 Å². The highest BCUT2D eigenvalue weighted by Crippen LogP contribution is 2.38. The second kappa shape index (κ2) is 9.60. The Morgan fingerprint density at radius 1 is 1.16 bits per heavy atom. The summed E-state index contributed by atoms with van der Waals surface area (Å²) in [5.74, 6) is 1.03. The summed E-state index contributed by atoms with van der Waals surface area (Å²) in [5, 5.41) is 3.30. The van der Waals surface area contributed by atoms with Crippen molar-refractivity contribution in [2.75, 3.05) is 20.1 Å². The van der Waals surface area contributed by atoms with Crippen LogP contribution in [0.3, 0.4) is 0 Å². The van der Waals surface area contributed by atoms with Gasteiger partial charge in [-0.25, -0.2) is 4.79 Å². The summed E-state index contributed by atoms with van der Waals surface area (Å²) >= 11 is 0. The van der Waals surface area contributed by atoms with Crippen molar-refractivity contribution >= 4 is 12.0 Å². The summed E-state index contributed by atoms with van der Waals surface area (Å²) in [4.78, 5) is 29.8. The molecule has 1 saturated carbocycles. The van der Waals surface area contributed by atoms with E-state index < -0.39 is 17.7 Å². The van der Waals surface area contributed by atoms with Crippen molar-refractivity contribution in [3.05, 3.63) is 35.9 Å².